The predicted octanol–water partition coefficient (Wildman–Crippen LogP) is 4.26. The summed E-state index contributed by atoms with van der Waals surface area (Å²) in [6.45, 7) is 3.55. The number of hydrogen-bond acceptors (Lipinski definition) is 5. The Kier molecular flexibility index (Phi) is 9.06. The minimum atomic E-state index is -3.56. The maximum atomic E-state index is 12.7. The van der Waals surface area contributed by atoms with Gasteiger partial charge in [-0.3, -0.25) is 9.69 Å². The van der Waals surface area contributed by atoms with Gasteiger partial charge in [-0.15, -0.1) is 0 Å². The van der Waals surface area contributed by atoms with Gasteiger partial charge in [0.2, 0.25) is 10.0 Å². The zero-order valence-electron chi connectivity index (χ0n) is 19.7. The largest absolute Gasteiger partial charge is 0.468 e. The van der Waals surface area contributed by atoms with E-state index in [0.29, 0.717) is 32.1 Å². The van der Waals surface area contributed by atoms with E-state index in [2.05, 4.69) is 33.9 Å². The Balaban J connectivity index is 1.77. The van der Waals surface area contributed by atoms with Gasteiger partial charge < -0.3 is 4.74 Å². The van der Waals surface area contributed by atoms with Crippen LogP contribution in [0.2, 0.25) is 0 Å². The maximum absolute atomic E-state index is 12.7. The van der Waals surface area contributed by atoms with E-state index in [4.69, 9.17) is 4.74 Å². The van der Waals surface area contributed by atoms with Gasteiger partial charge in [0.25, 0.3) is 0 Å². The maximum Gasteiger partial charge on any atom is 0.327 e. The lowest BCUT2D eigenvalue weighted by Gasteiger charge is -2.42. The minimum absolute atomic E-state index is 0.0276. The molecule has 0 unspecified atom stereocenters. The molecule has 33 heavy (non-hydrogen) atoms. The molecule has 0 saturated heterocycles. The predicted molar refractivity (Wildman–Crippen MR) is 131 cm³/mol. The van der Waals surface area contributed by atoms with E-state index in [-0.39, 0.29) is 11.8 Å². The lowest BCUT2D eigenvalue weighted by atomic mass is 9.79. The molecule has 0 aliphatic heterocycles. The number of nitrogens with one attached hydrogen (secondary N) is 1. The number of carbonyl (C=O) groups is 1. The number of carbonyl (C=O) groups excluding carboxylic acids is 1. The summed E-state index contributed by atoms with van der Waals surface area (Å²) in [5, 5.41) is 0. The van der Waals surface area contributed by atoms with Gasteiger partial charge in [-0.2, -0.15) is 4.72 Å². The van der Waals surface area contributed by atoms with Crippen LogP contribution in [0.15, 0.2) is 60.7 Å². The molecule has 0 atom stereocenters. The number of esters is 1. The number of methoxy groups -OCH3 is 1. The fraction of sp³-hybridized carbons (Fsp3) is 0.500. The van der Waals surface area contributed by atoms with Crippen molar-refractivity contribution >= 4 is 16.0 Å². The summed E-state index contributed by atoms with van der Waals surface area (Å²) in [7, 11) is -2.23. The van der Waals surface area contributed by atoms with Gasteiger partial charge >= 0.3 is 5.97 Å². The molecule has 1 saturated carbocycles. The summed E-state index contributed by atoms with van der Waals surface area (Å²) >= 11 is 0. The third kappa shape index (κ3) is 7.13. The lowest BCUT2D eigenvalue weighted by Crippen LogP contribution is -2.58. The van der Waals surface area contributed by atoms with Crippen molar-refractivity contribution < 1.29 is 17.9 Å². The lowest BCUT2D eigenvalue weighted by molar-refractivity contribution is -0.149. The second-order valence-corrected chi connectivity index (χ2v) is 10.8. The minimum Gasteiger partial charge on any atom is -0.468 e. The van der Waals surface area contributed by atoms with Crippen LogP contribution in [0.25, 0.3) is 0 Å². The first kappa shape index (κ1) is 25.4. The molecular formula is C26H36N2O4S. The molecule has 2 aromatic rings. The van der Waals surface area contributed by atoms with E-state index in [9.17, 15) is 13.2 Å². The fourth-order valence-corrected chi connectivity index (χ4v) is 6.29. The average molecular weight is 473 g/mol. The molecule has 1 N–H and O–H groups in total. The van der Waals surface area contributed by atoms with Crippen LogP contribution in [-0.4, -0.2) is 43.7 Å². The van der Waals surface area contributed by atoms with E-state index in [0.717, 1.165) is 19.5 Å². The second kappa shape index (κ2) is 11.8. The van der Waals surface area contributed by atoms with Gasteiger partial charge in [0.1, 0.15) is 5.54 Å². The fourth-order valence-electron chi connectivity index (χ4n) is 4.64. The number of nitrogens with zero attached hydrogens (tertiary/aromatic N) is 1. The van der Waals surface area contributed by atoms with Crippen molar-refractivity contribution in [3.63, 3.8) is 0 Å². The first-order valence-corrected chi connectivity index (χ1v) is 13.4. The number of ether oxygens (including phenoxy) is 1. The number of sulfonamides is 1. The monoisotopic (exact) mass is 472 g/mol. The van der Waals surface area contributed by atoms with Crippen LogP contribution >= 0.6 is 0 Å². The molecular weight excluding hydrogens is 436 g/mol. The molecule has 1 fully saturated rings. The van der Waals surface area contributed by atoms with Gasteiger partial charge in [0, 0.05) is 19.1 Å². The van der Waals surface area contributed by atoms with Crippen LogP contribution in [0.5, 0.6) is 0 Å². The van der Waals surface area contributed by atoms with Crippen molar-refractivity contribution in [2.24, 2.45) is 0 Å². The SMILES string of the molecule is CCCCS(=O)(=O)NC1(C(=O)OC)CCC(N(Cc2ccccc2)Cc2ccccc2)CC1. The van der Waals surface area contributed by atoms with E-state index < -0.39 is 21.5 Å². The normalized spacial score (nSPS) is 21.1. The molecule has 0 spiro atoms. The van der Waals surface area contributed by atoms with Crippen LogP contribution in [0.1, 0.15) is 56.6 Å². The van der Waals surface area contributed by atoms with Gasteiger partial charge in [0.05, 0.1) is 12.9 Å². The zero-order chi connectivity index (χ0) is 23.7. The Morgan fingerprint density at radius 1 is 1.00 bits per heavy atom. The second-order valence-electron chi connectivity index (χ2n) is 8.96. The smallest absolute Gasteiger partial charge is 0.327 e. The van der Waals surface area contributed by atoms with E-state index in [1.165, 1.54) is 18.2 Å². The van der Waals surface area contributed by atoms with Crippen molar-refractivity contribution in [1.29, 1.82) is 0 Å². The van der Waals surface area contributed by atoms with Crippen molar-refractivity contribution in [2.75, 3.05) is 12.9 Å². The highest BCUT2D eigenvalue weighted by Gasteiger charge is 2.46. The molecule has 2 aromatic carbocycles. The highest BCUT2D eigenvalue weighted by Crippen LogP contribution is 2.34. The van der Waals surface area contributed by atoms with Crippen LogP contribution in [0.4, 0.5) is 0 Å². The number of unbranched alkanes of at least 4 members (excludes halogenated alkanes) is 1. The van der Waals surface area contributed by atoms with Gasteiger partial charge in [-0.05, 0) is 43.2 Å². The highest BCUT2D eigenvalue weighted by molar-refractivity contribution is 7.89. The molecule has 1 aliphatic carbocycles. The molecule has 0 heterocycles. The summed E-state index contributed by atoms with van der Waals surface area (Å²) in [6.07, 6.45) is 3.63. The molecule has 0 amide bonds. The van der Waals surface area contributed by atoms with E-state index >= 15 is 0 Å². The van der Waals surface area contributed by atoms with Crippen molar-refractivity contribution in [2.45, 2.75) is 70.1 Å². The van der Waals surface area contributed by atoms with Crippen LogP contribution in [0.3, 0.4) is 0 Å². The standard InChI is InChI=1S/C26H36N2O4S/c1-3-4-19-33(30,31)27-26(25(29)32-2)17-15-24(16-18-26)28(20-22-11-7-5-8-12-22)21-23-13-9-6-10-14-23/h5-14,24,27H,3-4,15-21H2,1-2H3. The van der Waals surface area contributed by atoms with Crippen molar-refractivity contribution in [3.8, 4) is 0 Å². The summed E-state index contributed by atoms with van der Waals surface area (Å²) in [5.74, 6) is -0.460. The molecule has 7 heteroatoms. The van der Waals surface area contributed by atoms with Crippen LogP contribution in [0, 0.1) is 0 Å². The molecule has 180 valence electrons. The Bertz CT molecular complexity index is 930. The summed E-state index contributed by atoms with van der Waals surface area (Å²) < 4.78 is 33.1. The average Bonchev–Trinajstić information content (AvgIpc) is 2.83. The first-order chi connectivity index (χ1) is 15.9. The van der Waals surface area contributed by atoms with Gasteiger partial charge in [-0.25, -0.2) is 8.42 Å². The molecule has 3 rings (SSSR count). The Hall–Kier alpha value is -2.22. The number of benzene rings is 2. The van der Waals surface area contributed by atoms with Crippen LogP contribution in [-0.2, 0) is 32.6 Å². The molecule has 0 radical (unpaired) electrons. The molecule has 1 aliphatic rings. The summed E-state index contributed by atoms with van der Waals surface area (Å²) in [4.78, 5) is 15.2. The van der Waals surface area contributed by atoms with Gasteiger partial charge in [-0.1, -0.05) is 74.0 Å². The van der Waals surface area contributed by atoms with Crippen molar-refractivity contribution in [3.05, 3.63) is 71.8 Å². The Morgan fingerprint density at radius 3 is 1.97 bits per heavy atom. The van der Waals surface area contributed by atoms with Crippen molar-refractivity contribution in [1.82, 2.24) is 9.62 Å². The van der Waals surface area contributed by atoms with E-state index in [1.54, 1.807) is 0 Å². The van der Waals surface area contributed by atoms with Crippen LogP contribution < -0.4 is 4.72 Å². The van der Waals surface area contributed by atoms with Gasteiger partial charge in [0.15, 0.2) is 0 Å². The topological polar surface area (TPSA) is 75.7 Å². The quantitative estimate of drug-likeness (QED) is 0.495. The third-order valence-electron chi connectivity index (χ3n) is 6.48. The summed E-state index contributed by atoms with van der Waals surface area (Å²) in [6, 6.07) is 21.0. The number of rotatable bonds is 11. The molecule has 0 bridgehead atoms. The zero-order valence-corrected chi connectivity index (χ0v) is 20.5. The number of hydrogen-bond donors (Lipinski definition) is 1. The highest BCUT2D eigenvalue weighted by atomic mass is 32.2. The molecule has 0 aromatic heterocycles. The summed E-state index contributed by atoms with van der Waals surface area (Å²) in [5.41, 5.74) is 1.29. The first-order valence-electron chi connectivity index (χ1n) is 11.8. The Labute approximate surface area is 198 Å². The Morgan fingerprint density at radius 2 is 1.52 bits per heavy atom. The molecule has 6 nitrogen and oxygen atoms in total. The van der Waals surface area contributed by atoms with E-state index in [1.807, 2.05) is 43.3 Å². The third-order valence-corrected chi connectivity index (χ3v) is 8.00.